The molecule has 4 rings (SSSR count). The number of amides is 2. The second-order valence-electron chi connectivity index (χ2n) is 15.1. The quantitative estimate of drug-likeness (QED) is 0.0459. The largest absolute Gasteiger partial charge is 0.425 e. The fourth-order valence-electron chi connectivity index (χ4n) is 7.63. The molecular formula is C46H67N3O4S. The maximum absolute atomic E-state index is 12.8. The van der Waals surface area contributed by atoms with Crippen LogP contribution in [-0.4, -0.2) is 48.4 Å². The highest BCUT2D eigenvalue weighted by Gasteiger charge is 2.26. The molecule has 7 nitrogen and oxygen atoms in total. The fourth-order valence-corrected chi connectivity index (χ4v) is 8.33. The SMILES string of the molecule is CCCCCCCCCCCCCCCCCC(=O)Nc1ccc(C(=O)NCC(=O)Oc2cccc3c2CCC(N(CCC)CCc2cccs2)C3)cc1. The molecule has 1 aliphatic rings. The molecule has 0 saturated heterocycles. The zero-order chi connectivity index (χ0) is 38.2. The maximum Gasteiger partial charge on any atom is 0.330 e. The molecule has 0 spiro atoms. The summed E-state index contributed by atoms with van der Waals surface area (Å²) in [6, 6.07) is 17.6. The molecule has 0 radical (unpaired) electrons. The van der Waals surface area contributed by atoms with Gasteiger partial charge in [0, 0.05) is 35.1 Å². The summed E-state index contributed by atoms with van der Waals surface area (Å²) in [5, 5.41) is 7.77. The van der Waals surface area contributed by atoms with Crippen molar-refractivity contribution in [1.82, 2.24) is 10.2 Å². The van der Waals surface area contributed by atoms with E-state index in [1.807, 2.05) is 23.5 Å². The Morgan fingerprint density at radius 3 is 2.06 bits per heavy atom. The Balaban J connectivity index is 1.08. The smallest absolute Gasteiger partial charge is 0.330 e. The maximum atomic E-state index is 12.8. The molecule has 0 bridgehead atoms. The Hall–Kier alpha value is -3.49. The van der Waals surface area contributed by atoms with Crippen LogP contribution in [0.15, 0.2) is 60.0 Å². The number of esters is 1. The molecule has 8 heteroatoms. The Labute approximate surface area is 330 Å². The number of carbonyl (C=O) groups is 3. The van der Waals surface area contributed by atoms with Crippen molar-refractivity contribution in [2.45, 2.75) is 155 Å². The molecule has 2 amide bonds. The minimum absolute atomic E-state index is 0.00399. The Kier molecular flexibility index (Phi) is 20.5. The van der Waals surface area contributed by atoms with Gasteiger partial charge in [0.1, 0.15) is 12.3 Å². The summed E-state index contributed by atoms with van der Waals surface area (Å²) in [5.41, 5.74) is 3.41. The predicted octanol–water partition coefficient (Wildman–Crippen LogP) is 11.1. The third-order valence-corrected chi connectivity index (χ3v) is 11.7. The van der Waals surface area contributed by atoms with Crippen molar-refractivity contribution in [1.29, 1.82) is 0 Å². The Morgan fingerprint density at radius 1 is 0.759 bits per heavy atom. The van der Waals surface area contributed by atoms with E-state index in [1.54, 1.807) is 24.3 Å². The van der Waals surface area contributed by atoms with E-state index in [9.17, 15) is 14.4 Å². The predicted molar refractivity (Wildman–Crippen MR) is 225 cm³/mol. The highest BCUT2D eigenvalue weighted by Crippen LogP contribution is 2.32. The molecule has 2 N–H and O–H groups in total. The summed E-state index contributed by atoms with van der Waals surface area (Å²) in [6.07, 6.45) is 25.0. The third-order valence-electron chi connectivity index (χ3n) is 10.7. The van der Waals surface area contributed by atoms with Gasteiger partial charge < -0.3 is 15.4 Å². The molecule has 0 saturated carbocycles. The zero-order valence-electron chi connectivity index (χ0n) is 33.3. The summed E-state index contributed by atoms with van der Waals surface area (Å²) in [7, 11) is 0. The van der Waals surface area contributed by atoms with Gasteiger partial charge in [-0.25, -0.2) is 4.79 Å². The molecule has 0 fully saturated rings. The fraction of sp³-hybridized carbons (Fsp3) is 0.587. The van der Waals surface area contributed by atoms with Crippen LogP contribution in [0, 0.1) is 0 Å². The lowest BCUT2D eigenvalue weighted by Gasteiger charge is -2.35. The van der Waals surface area contributed by atoms with Crippen molar-refractivity contribution in [2.75, 3.05) is 25.0 Å². The molecule has 54 heavy (non-hydrogen) atoms. The van der Waals surface area contributed by atoms with E-state index < -0.39 is 5.97 Å². The molecular weight excluding hydrogens is 691 g/mol. The van der Waals surface area contributed by atoms with Gasteiger partial charge in [-0.15, -0.1) is 11.3 Å². The topological polar surface area (TPSA) is 87.7 Å². The van der Waals surface area contributed by atoms with Gasteiger partial charge in [0.05, 0.1) is 0 Å². The van der Waals surface area contributed by atoms with E-state index in [4.69, 9.17) is 4.74 Å². The summed E-state index contributed by atoms with van der Waals surface area (Å²) in [5.74, 6) is -0.268. The first kappa shape index (κ1) is 43.2. The Bertz CT molecular complexity index is 1510. The number of hydrogen-bond donors (Lipinski definition) is 2. The molecule has 1 heterocycles. The van der Waals surface area contributed by atoms with E-state index in [1.165, 1.54) is 93.9 Å². The summed E-state index contributed by atoms with van der Waals surface area (Å²) in [6.45, 7) is 6.42. The van der Waals surface area contributed by atoms with E-state index in [0.717, 1.165) is 63.6 Å². The molecule has 1 atom stereocenters. The first-order valence-electron chi connectivity index (χ1n) is 21.2. The lowest BCUT2D eigenvalue weighted by Crippen LogP contribution is -2.41. The first-order valence-corrected chi connectivity index (χ1v) is 22.1. The number of thiophene rings is 1. The van der Waals surface area contributed by atoms with Crippen molar-refractivity contribution < 1.29 is 19.1 Å². The van der Waals surface area contributed by atoms with Crippen LogP contribution in [0.2, 0.25) is 0 Å². The minimum atomic E-state index is -0.495. The summed E-state index contributed by atoms with van der Waals surface area (Å²) < 4.78 is 5.78. The molecule has 1 aromatic heterocycles. The lowest BCUT2D eigenvalue weighted by atomic mass is 9.86. The van der Waals surface area contributed by atoms with Crippen LogP contribution in [0.4, 0.5) is 5.69 Å². The van der Waals surface area contributed by atoms with Gasteiger partial charge in [0.2, 0.25) is 5.91 Å². The Morgan fingerprint density at radius 2 is 1.43 bits per heavy atom. The second kappa shape index (κ2) is 25.6. The number of unbranched alkanes of at least 4 members (excludes halogenated alkanes) is 14. The number of fused-ring (bicyclic) bond motifs is 1. The van der Waals surface area contributed by atoms with Gasteiger partial charge in [0.25, 0.3) is 5.91 Å². The van der Waals surface area contributed by atoms with Gasteiger partial charge >= 0.3 is 5.97 Å². The zero-order valence-corrected chi connectivity index (χ0v) is 34.1. The highest BCUT2D eigenvalue weighted by atomic mass is 32.1. The summed E-state index contributed by atoms with van der Waals surface area (Å²) >= 11 is 1.82. The van der Waals surface area contributed by atoms with Crippen molar-refractivity contribution in [3.8, 4) is 5.75 Å². The second-order valence-corrected chi connectivity index (χ2v) is 16.2. The standard InChI is InChI=1S/C46H67N3O4S/c1-3-5-6-7-8-9-10-11-12-13-14-15-16-17-18-24-44(50)48-39-27-25-37(26-28-39)46(52)47-36-45(51)53-43-23-19-21-38-35-40(29-30-42(38)43)49(32-4-2)33-31-41-22-20-34-54-41/h19-23,25-28,34,40H,3-18,24,29-33,35-36H2,1-2H3,(H,47,52)(H,48,50). The molecule has 1 aliphatic carbocycles. The number of hydrogen-bond acceptors (Lipinski definition) is 6. The average molecular weight is 758 g/mol. The van der Waals surface area contributed by atoms with Crippen LogP contribution in [0.3, 0.4) is 0 Å². The minimum Gasteiger partial charge on any atom is -0.425 e. The number of rotatable bonds is 27. The van der Waals surface area contributed by atoms with Crippen molar-refractivity contribution >= 4 is 34.8 Å². The summed E-state index contributed by atoms with van der Waals surface area (Å²) in [4.78, 5) is 42.2. The number of carbonyl (C=O) groups excluding carboxylic acids is 3. The van der Waals surface area contributed by atoms with E-state index in [2.05, 4.69) is 53.0 Å². The molecule has 1 unspecified atom stereocenters. The van der Waals surface area contributed by atoms with Gasteiger partial charge in [-0.3, -0.25) is 14.5 Å². The van der Waals surface area contributed by atoms with Crippen LogP contribution in [-0.2, 0) is 28.9 Å². The van der Waals surface area contributed by atoms with Gasteiger partial charge in [-0.2, -0.15) is 0 Å². The highest BCUT2D eigenvalue weighted by molar-refractivity contribution is 7.09. The number of nitrogens with zero attached hydrogens (tertiary/aromatic N) is 1. The molecule has 3 aromatic rings. The van der Waals surface area contributed by atoms with E-state index in [0.29, 0.717) is 29.5 Å². The van der Waals surface area contributed by atoms with Crippen LogP contribution < -0.4 is 15.4 Å². The normalized spacial score (nSPS) is 13.8. The number of ether oxygens (including phenoxy) is 1. The van der Waals surface area contributed by atoms with Gasteiger partial charge in [-0.05, 0) is 98.0 Å². The van der Waals surface area contributed by atoms with Crippen molar-refractivity contribution in [3.05, 3.63) is 81.5 Å². The van der Waals surface area contributed by atoms with Crippen LogP contribution in [0.25, 0.3) is 0 Å². The van der Waals surface area contributed by atoms with E-state index >= 15 is 0 Å². The van der Waals surface area contributed by atoms with Crippen molar-refractivity contribution in [3.63, 3.8) is 0 Å². The molecule has 296 valence electrons. The molecule has 2 aromatic carbocycles. The van der Waals surface area contributed by atoms with Crippen LogP contribution in [0.1, 0.15) is 156 Å². The van der Waals surface area contributed by atoms with Gasteiger partial charge in [0.15, 0.2) is 0 Å². The lowest BCUT2D eigenvalue weighted by molar-refractivity contribution is -0.133. The van der Waals surface area contributed by atoms with E-state index in [-0.39, 0.29) is 18.4 Å². The number of anilines is 1. The first-order chi connectivity index (χ1) is 26.5. The molecule has 0 aliphatic heterocycles. The number of benzene rings is 2. The van der Waals surface area contributed by atoms with Crippen LogP contribution >= 0.6 is 11.3 Å². The van der Waals surface area contributed by atoms with Crippen molar-refractivity contribution in [2.24, 2.45) is 0 Å². The number of nitrogens with one attached hydrogen (secondary N) is 2. The third kappa shape index (κ3) is 16.1. The van der Waals surface area contributed by atoms with Gasteiger partial charge in [-0.1, -0.05) is 122 Å². The average Bonchev–Trinajstić information content (AvgIpc) is 3.71. The monoisotopic (exact) mass is 757 g/mol. The van der Waals surface area contributed by atoms with Crippen LogP contribution in [0.5, 0.6) is 5.75 Å².